The Morgan fingerprint density at radius 1 is 1.00 bits per heavy atom. The highest BCUT2D eigenvalue weighted by Gasteiger charge is 2.03. The van der Waals surface area contributed by atoms with Crippen LogP contribution in [0.5, 0.6) is 0 Å². The SMILES string of the molecule is Cl/C(=N\Nc1ccccc1)c1ccccc1Br. The van der Waals surface area contributed by atoms with Gasteiger partial charge in [0.2, 0.25) is 0 Å². The van der Waals surface area contributed by atoms with Crippen molar-refractivity contribution >= 4 is 38.4 Å². The van der Waals surface area contributed by atoms with Gasteiger partial charge in [-0.2, -0.15) is 5.10 Å². The molecule has 86 valence electrons. The topological polar surface area (TPSA) is 24.4 Å². The Kier molecular flexibility index (Phi) is 4.18. The molecule has 0 bridgehead atoms. The largest absolute Gasteiger partial charge is 0.277 e. The minimum absolute atomic E-state index is 0.418. The average molecular weight is 310 g/mol. The van der Waals surface area contributed by atoms with Crippen LogP contribution in [0.1, 0.15) is 5.56 Å². The Balaban J connectivity index is 2.16. The fourth-order valence-corrected chi connectivity index (χ4v) is 2.11. The van der Waals surface area contributed by atoms with Gasteiger partial charge in [0.1, 0.15) is 0 Å². The van der Waals surface area contributed by atoms with Crippen molar-refractivity contribution in [2.24, 2.45) is 5.10 Å². The molecule has 0 aliphatic heterocycles. The Morgan fingerprint density at radius 3 is 2.35 bits per heavy atom. The van der Waals surface area contributed by atoms with Gasteiger partial charge in [0, 0.05) is 10.0 Å². The molecule has 0 amide bonds. The van der Waals surface area contributed by atoms with E-state index in [0.29, 0.717) is 5.17 Å². The van der Waals surface area contributed by atoms with Crippen molar-refractivity contribution in [3.8, 4) is 0 Å². The molecular formula is C13H10BrClN2. The van der Waals surface area contributed by atoms with Crippen LogP contribution in [0.2, 0.25) is 0 Å². The highest BCUT2D eigenvalue weighted by atomic mass is 79.9. The second kappa shape index (κ2) is 5.84. The summed E-state index contributed by atoms with van der Waals surface area (Å²) in [6, 6.07) is 17.3. The first-order valence-electron chi connectivity index (χ1n) is 5.06. The molecule has 2 aromatic carbocycles. The molecule has 0 spiro atoms. The standard InChI is InChI=1S/C13H10BrClN2/c14-12-9-5-4-8-11(12)13(15)17-16-10-6-2-1-3-7-10/h1-9,16H/b17-13-. The summed E-state index contributed by atoms with van der Waals surface area (Å²) in [5.74, 6) is 0. The number of benzene rings is 2. The van der Waals surface area contributed by atoms with E-state index in [1.54, 1.807) is 0 Å². The Morgan fingerprint density at radius 2 is 1.65 bits per heavy atom. The lowest BCUT2D eigenvalue weighted by Gasteiger charge is -2.03. The first-order chi connectivity index (χ1) is 8.27. The van der Waals surface area contributed by atoms with E-state index in [9.17, 15) is 0 Å². The van der Waals surface area contributed by atoms with E-state index >= 15 is 0 Å². The van der Waals surface area contributed by atoms with E-state index < -0.39 is 0 Å². The summed E-state index contributed by atoms with van der Waals surface area (Å²) in [6.07, 6.45) is 0. The summed E-state index contributed by atoms with van der Waals surface area (Å²) < 4.78 is 0.920. The predicted molar refractivity (Wildman–Crippen MR) is 76.6 cm³/mol. The quantitative estimate of drug-likeness (QED) is 0.657. The van der Waals surface area contributed by atoms with Crippen LogP contribution in [0, 0.1) is 0 Å². The van der Waals surface area contributed by atoms with Crippen molar-refractivity contribution in [3.63, 3.8) is 0 Å². The molecule has 4 heteroatoms. The van der Waals surface area contributed by atoms with Gasteiger partial charge in [-0.05, 0) is 18.2 Å². The Labute approximate surface area is 113 Å². The molecule has 1 N–H and O–H groups in total. The van der Waals surface area contributed by atoms with E-state index in [2.05, 4.69) is 26.5 Å². The third kappa shape index (κ3) is 3.32. The zero-order valence-corrected chi connectivity index (χ0v) is 11.2. The summed E-state index contributed by atoms with van der Waals surface area (Å²) in [6.45, 7) is 0. The smallest absolute Gasteiger partial charge is 0.157 e. The molecule has 2 rings (SSSR count). The molecule has 2 nitrogen and oxygen atoms in total. The normalized spacial score (nSPS) is 11.3. The van der Waals surface area contributed by atoms with E-state index in [4.69, 9.17) is 11.6 Å². The minimum Gasteiger partial charge on any atom is -0.277 e. The maximum Gasteiger partial charge on any atom is 0.157 e. The summed E-state index contributed by atoms with van der Waals surface area (Å²) in [5.41, 5.74) is 4.66. The van der Waals surface area contributed by atoms with E-state index in [0.717, 1.165) is 15.7 Å². The number of hydrazone groups is 1. The van der Waals surface area contributed by atoms with Gasteiger partial charge in [0.25, 0.3) is 0 Å². The fraction of sp³-hybridized carbons (Fsp3) is 0. The number of anilines is 1. The molecule has 0 saturated carbocycles. The summed E-state index contributed by atoms with van der Waals surface area (Å²) in [7, 11) is 0. The van der Waals surface area contributed by atoms with Crippen molar-refractivity contribution < 1.29 is 0 Å². The summed E-state index contributed by atoms with van der Waals surface area (Å²) in [5, 5.41) is 4.55. The van der Waals surface area contributed by atoms with Crippen LogP contribution in [0.3, 0.4) is 0 Å². The number of hydrogen-bond acceptors (Lipinski definition) is 2. The van der Waals surface area contributed by atoms with Crippen LogP contribution in [0.25, 0.3) is 0 Å². The van der Waals surface area contributed by atoms with Crippen LogP contribution in [0.15, 0.2) is 64.2 Å². The zero-order valence-electron chi connectivity index (χ0n) is 8.90. The third-order valence-electron chi connectivity index (χ3n) is 2.15. The lowest BCUT2D eigenvalue weighted by atomic mass is 10.2. The van der Waals surface area contributed by atoms with Gasteiger partial charge >= 0.3 is 0 Å². The van der Waals surface area contributed by atoms with Gasteiger partial charge in [0.05, 0.1) is 5.69 Å². The van der Waals surface area contributed by atoms with Crippen molar-refractivity contribution in [2.45, 2.75) is 0 Å². The second-order valence-corrected chi connectivity index (χ2v) is 4.57. The number of para-hydroxylation sites is 1. The van der Waals surface area contributed by atoms with Crippen molar-refractivity contribution in [1.82, 2.24) is 0 Å². The number of rotatable bonds is 3. The maximum atomic E-state index is 6.12. The van der Waals surface area contributed by atoms with Gasteiger partial charge in [-0.3, -0.25) is 5.43 Å². The van der Waals surface area contributed by atoms with Crippen molar-refractivity contribution in [1.29, 1.82) is 0 Å². The van der Waals surface area contributed by atoms with Crippen LogP contribution >= 0.6 is 27.5 Å². The number of hydrogen-bond donors (Lipinski definition) is 1. The Bertz CT molecular complexity index is 526. The average Bonchev–Trinajstić information content (AvgIpc) is 2.38. The second-order valence-electron chi connectivity index (χ2n) is 3.36. The molecule has 17 heavy (non-hydrogen) atoms. The van der Waals surface area contributed by atoms with E-state index in [-0.39, 0.29) is 0 Å². The molecule has 0 saturated heterocycles. The van der Waals surface area contributed by atoms with Crippen LogP contribution in [0.4, 0.5) is 5.69 Å². The summed E-state index contributed by atoms with van der Waals surface area (Å²) >= 11 is 9.55. The van der Waals surface area contributed by atoms with E-state index in [1.165, 1.54) is 0 Å². The Hall–Kier alpha value is -1.32. The lowest BCUT2D eigenvalue weighted by Crippen LogP contribution is -1.97. The van der Waals surface area contributed by atoms with Gasteiger partial charge in [-0.1, -0.05) is 63.9 Å². The maximum absolute atomic E-state index is 6.12. The molecule has 2 aromatic rings. The van der Waals surface area contributed by atoms with Crippen LogP contribution < -0.4 is 5.43 Å². The third-order valence-corrected chi connectivity index (χ3v) is 3.13. The molecule has 0 aliphatic carbocycles. The van der Waals surface area contributed by atoms with Gasteiger partial charge in [0.15, 0.2) is 5.17 Å². The first kappa shape index (κ1) is 12.1. The monoisotopic (exact) mass is 308 g/mol. The van der Waals surface area contributed by atoms with Crippen LogP contribution in [-0.2, 0) is 0 Å². The number of nitrogens with zero attached hydrogens (tertiary/aromatic N) is 1. The molecule has 0 aliphatic rings. The highest BCUT2D eigenvalue weighted by molar-refractivity contribution is 9.10. The van der Waals surface area contributed by atoms with Crippen molar-refractivity contribution in [2.75, 3.05) is 5.43 Å². The van der Waals surface area contributed by atoms with Crippen molar-refractivity contribution in [3.05, 3.63) is 64.6 Å². The number of nitrogens with one attached hydrogen (secondary N) is 1. The zero-order chi connectivity index (χ0) is 12.1. The van der Waals surface area contributed by atoms with Gasteiger partial charge in [-0.15, -0.1) is 0 Å². The number of halogens is 2. The van der Waals surface area contributed by atoms with Crippen LogP contribution in [-0.4, -0.2) is 5.17 Å². The molecule has 0 heterocycles. The predicted octanol–water partition coefficient (Wildman–Crippen LogP) is 4.46. The molecular weight excluding hydrogens is 300 g/mol. The molecule has 0 atom stereocenters. The fourth-order valence-electron chi connectivity index (χ4n) is 1.32. The molecule has 0 fully saturated rings. The molecule has 0 unspecified atom stereocenters. The highest BCUT2D eigenvalue weighted by Crippen LogP contribution is 2.18. The van der Waals surface area contributed by atoms with Gasteiger partial charge in [-0.25, -0.2) is 0 Å². The van der Waals surface area contributed by atoms with Gasteiger partial charge < -0.3 is 0 Å². The molecule has 0 radical (unpaired) electrons. The lowest BCUT2D eigenvalue weighted by molar-refractivity contribution is 1.34. The van der Waals surface area contributed by atoms with E-state index in [1.807, 2.05) is 54.6 Å². The first-order valence-corrected chi connectivity index (χ1v) is 6.23. The molecule has 0 aromatic heterocycles. The summed E-state index contributed by atoms with van der Waals surface area (Å²) in [4.78, 5) is 0. The minimum atomic E-state index is 0.418.